The summed E-state index contributed by atoms with van der Waals surface area (Å²) in [5, 5.41) is 0. The maximum Gasteiger partial charge on any atom is 0 e. The summed E-state index contributed by atoms with van der Waals surface area (Å²) in [6.07, 6.45) is 1.81. The van der Waals surface area contributed by atoms with Crippen LogP contribution in [0, 0.1) is 6.07 Å². The van der Waals surface area contributed by atoms with Gasteiger partial charge < -0.3 is 0 Å². The zero-order valence-corrected chi connectivity index (χ0v) is 11.7. The average Bonchev–Trinajstić information content (AvgIpc) is 1.90. The fourth-order valence-corrected chi connectivity index (χ4v) is 0.536. The van der Waals surface area contributed by atoms with E-state index in [0.29, 0.717) is 0 Å². The van der Waals surface area contributed by atoms with Crippen molar-refractivity contribution in [3.8, 4) is 0 Å². The van der Waals surface area contributed by atoms with Crippen molar-refractivity contribution in [2.24, 2.45) is 0 Å². The molecule has 0 saturated carbocycles. The molecular formula is C8H7Rf-. The minimum atomic E-state index is 0. The van der Waals surface area contributed by atoms with Gasteiger partial charge in [0, 0.05) is 0 Å². The van der Waals surface area contributed by atoms with Crippen LogP contribution in [-0.2, 0) is 0 Å². The Balaban J connectivity index is 0.000000640. The van der Waals surface area contributed by atoms with Gasteiger partial charge in [0.2, 0.25) is 0 Å². The fourth-order valence-electron chi connectivity index (χ4n) is 0.536. The molecule has 0 amide bonds. The minimum Gasteiger partial charge on any atom is -0.184 e. The van der Waals surface area contributed by atoms with E-state index < -0.39 is 0 Å². The van der Waals surface area contributed by atoms with Crippen LogP contribution in [0.3, 0.4) is 0 Å². The molecule has 0 radical (unpaired) electrons. The van der Waals surface area contributed by atoms with Crippen LogP contribution in [0.15, 0.2) is 30.8 Å². The summed E-state index contributed by atoms with van der Waals surface area (Å²) in [7, 11) is 0. The molecule has 0 spiro atoms. The van der Waals surface area contributed by atoms with Crippen LogP contribution < -0.4 is 0 Å². The quantitative estimate of drug-likeness (QED) is 0.665. The second kappa shape index (κ2) is 3.03. The molecule has 0 aromatic heterocycles. The Morgan fingerprint density at radius 3 is 2.22 bits per heavy atom. The van der Waals surface area contributed by atoms with Crippen molar-refractivity contribution in [2.75, 3.05) is 0 Å². The SMILES string of the molecule is C=Cc1cc[c-]cc1.[Rf]. The van der Waals surface area contributed by atoms with E-state index in [0.717, 1.165) is 5.56 Å². The Labute approximate surface area is 49.5 Å². The Hall–Kier alpha value is -2.04. The van der Waals surface area contributed by atoms with Gasteiger partial charge in [-0.2, -0.15) is 30.3 Å². The van der Waals surface area contributed by atoms with Gasteiger partial charge in [-0.3, -0.25) is 0 Å². The summed E-state index contributed by atoms with van der Waals surface area (Å²) in [5.74, 6) is 0. The van der Waals surface area contributed by atoms with E-state index in [4.69, 9.17) is 0 Å². The normalized spacial score (nSPS) is 7.56. The number of rotatable bonds is 1. The van der Waals surface area contributed by atoms with Crippen LogP contribution >= 0.6 is 0 Å². The van der Waals surface area contributed by atoms with Crippen molar-refractivity contribution in [1.29, 1.82) is 0 Å². The molecule has 9 heavy (non-hydrogen) atoms. The first-order chi connectivity index (χ1) is 3.93. The first-order valence-corrected chi connectivity index (χ1v) is 2.52. The van der Waals surface area contributed by atoms with Crippen molar-refractivity contribution in [2.45, 2.75) is 0 Å². The number of hydrogen-bond acceptors (Lipinski definition) is 0. The summed E-state index contributed by atoms with van der Waals surface area (Å²) >= 11 is 0. The molecule has 1 rings (SSSR count). The van der Waals surface area contributed by atoms with Crippen molar-refractivity contribution >= 4 is 6.08 Å². The van der Waals surface area contributed by atoms with Crippen molar-refractivity contribution in [3.05, 3.63) is 42.5 Å². The zero-order chi connectivity index (χ0) is 5.82. The summed E-state index contributed by atoms with van der Waals surface area (Å²) in [5.41, 5.74) is 1.14. The molecule has 0 saturated heterocycles. The summed E-state index contributed by atoms with van der Waals surface area (Å²) in [4.78, 5) is 0. The first kappa shape index (κ1) is 6.96. The molecule has 0 atom stereocenters. The van der Waals surface area contributed by atoms with Gasteiger partial charge in [0.15, 0.2) is 0 Å². The van der Waals surface area contributed by atoms with Crippen LogP contribution in [0.4, 0.5) is 0 Å². The molecule has 0 unspecified atom stereocenters. The smallest absolute Gasteiger partial charge is 0 e. The van der Waals surface area contributed by atoms with Gasteiger partial charge in [0.25, 0.3) is 0 Å². The molecule has 0 aliphatic heterocycles. The number of hydrogen-bond donors (Lipinski definition) is 0. The molecule has 0 nitrogen and oxygen atoms in total. The molecule has 0 heterocycles. The fraction of sp³-hybridized carbons (Fsp3) is 0. The maximum absolute atomic E-state index is 3.62. The standard InChI is InChI=1S/C8H7.Rf/c1-2-8-6-4-3-5-7-8;/h2,4-7H,1H2;/q-1;. The van der Waals surface area contributed by atoms with Crippen molar-refractivity contribution < 1.29 is 0 Å². The molecule has 0 fully saturated rings. The second-order valence-corrected chi connectivity index (χ2v) is 1.54. The monoisotopic (exact) mass is 370 g/mol. The van der Waals surface area contributed by atoms with Gasteiger partial charge in [0.1, 0.15) is 0 Å². The molecule has 1 aromatic carbocycles. The molecular weight excluding hydrogens is 363 g/mol. The Kier molecular flexibility index (Phi) is 2.34. The topological polar surface area (TPSA) is 0 Å². The molecule has 0 bridgehead atoms. The third-order valence-corrected chi connectivity index (χ3v) is 0.980. The largest absolute Gasteiger partial charge is 0.184 e. The summed E-state index contributed by atoms with van der Waals surface area (Å²) in [6.45, 7) is 3.62. The predicted octanol–water partition coefficient (Wildman–Crippen LogP) is 2.13. The van der Waals surface area contributed by atoms with Gasteiger partial charge in [0.05, 0.1) is 0 Å². The van der Waals surface area contributed by atoms with Gasteiger partial charge in [-0.25, -0.2) is 0 Å². The van der Waals surface area contributed by atoms with E-state index in [2.05, 4.69) is 12.6 Å². The van der Waals surface area contributed by atoms with Crippen LogP contribution in [0.2, 0.25) is 0 Å². The van der Waals surface area contributed by atoms with E-state index >= 15 is 0 Å². The second-order valence-electron chi connectivity index (χ2n) is 1.54. The Morgan fingerprint density at radius 2 is 1.89 bits per heavy atom. The van der Waals surface area contributed by atoms with E-state index in [1.54, 1.807) is 0 Å². The van der Waals surface area contributed by atoms with Gasteiger partial charge in [-0.05, 0) is 0 Å². The van der Waals surface area contributed by atoms with Gasteiger partial charge in [-0.1, -0.05) is 6.08 Å². The van der Waals surface area contributed by atoms with E-state index in [-0.39, 0.29) is 0 Å². The van der Waals surface area contributed by atoms with Crippen LogP contribution in [0.1, 0.15) is 5.56 Å². The van der Waals surface area contributed by atoms with Gasteiger partial charge in [-0.15, -0.1) is 12.1 Å². The van der Waals surface area contributed by atoms with Crippen LogP contribution in [0.25, 0.3) is 6.08 Å². The third kappa shape index (κ3) is 1.48. The third-order valence-electron chi connectivity index (χ3n) is 0.980. The molecule has 1 heteroatoms. The first-order valence-electron chi connectivity index (χ1n) is 2.52. The van der Waals surface area contributed by atoms with E-state index in [1.807, 2.05) is 30.3 Å². The van der Waals surface area contributed by atoms with Crippen molar-refractivity contribution in [3.63, 3.8) is 0 Å². The molecule has 0 N–H and O–H groups in total. The number of benzene rings is 1. The van der Waals surface area contributed by atoms with E-state index in [9.17, 15) is 0 Å². The molecule has 1 aromatic rings. The maximum atomic E-state index is 3.62. The minimum absolute atomic E-state index is 0. The van der Waals surface area contributed by atoms with Gasteiger partial charge >= 0.3 is 0 Å². The van der Waals surface area contributed by atoms with Crippen LogP contribution in [0.5, 0.6) is 0 Å². The average molecular weight is 370 g/mol. The zero-order valence-electron chi connectivity index (χ0n) is 5.30. The summed E-state index contributed by atoms with van der Waals surface area (Å²) < 4.78 is 0. The Bertz CT molecular complexity index is 167. The summed E-state index contributed by atoms with van der Waals surface area (Å²) in [6, 6.07) is 10.6. The molecule has 0 aliphatic rings. The van der Waals surface area contributed by atoms with E-state index in [1.165, 1.54) is 0 Å². The Morgan fingerprint density at radius 1 is 1.33 bits per heavy atom. The predicted molar refractivity (Wildman–Crippen MR) is 35.4 cm³/mol. The van der Waals surface area contributed by atoms with Crippen LogP contribution in [-0.4, -0.2) is 0 Å². The molecule has 42 valence electrons. The molecule has 0 aliphatic carbocycles. The van der Waals surface area contributed by atoms with Crippen molar-refractivity contribution in [1.82, 2.24) is 0 Å².